The number of fused-ring (bicyclic) bond motifs is 1. The SMILES string of the molecule is CNCC(=O)Nc1ccc2ncnc(Nc3ccc(F)c(Cl)c3)c2c1. The summed E-state index contributed by atoms with van der Waals surface area (Å²) in [5.74, 6) is -0.120. The van der Waals surface area contributed by atoms with Gasteiger partial charge in [0.25, 0.3) is 0 Å². The Bertz CT molecular complexity index is 934. The van der Waals surface area contributed by atoms with Crippen LogP contribution in [-0.2, 0) is 4.79 Å². The van der Waals surface area contributed by atoms with E-state index in [2.05, 4.69) is 25.9 Å². The number of anilines is 3. The Morgan fingerprint density at radius 2 is 1.96 bits per heavy atom. The lowest BCUT2D eigenvalue weighted by molar-refractivity contribution is -0.115. The molecular formula is C17H15ClFN5O. The predicted molar refractivity (Wildman–Crippen MR) is 96.8 cm³/mol. The van der Waals surface area contributed by atoms with E-state index in [1.165, 1.54) is 18.5 Å². The van der Waals surface area contributed by atoms with Crippen LogP contribution in [0.3, 0.4) is 0 Å². The molecule has 0 unspecified atom stereocenters. The van der Waals surface area contributed by atoms with Gasteiger partial charge in [0, 0.05) is 16.8 Å². The lowest BCUT2D eigenvalue weighted by atomic mass is 10.2. The summed E-state index contributed by atoms with van der Waals surface area (Å²) in [5.41, 5.74) is 1.93. The minimum absolute atomic E-state index is 0.0170. The second kappa shape index (κ2) is 7.42. The molecule has 0 radical (unpaired) electrons. The molecule has 8 heteroatoms. The van der Waals surface area contributed by atoms with E-state index >= 15 is 0 Å². The predicted octanol–water partition coefficient (Wildman–Crippen LogP) is 3.32. The fourth-order valence-corrected chi connectivity index (χ4v) is 2.49. The van der Waals surface area contributed by atoms with Crippen LogP contribution in [0, 0.1) is 5.82 Å². The maximum Gasteiger partial charge on any atom is 0.238 e. The minimum Gasteiger partial charge on any atom is -0.340 e. The zero-order valence-electron chi connectivity index (χ0n) is 13.3. The molecule has 0 saturated heterocycles. The van der Waals surface area contributed by atoms with Crippen LogP contribution in [0.4, 0.5) is 21.6 Å². The van der Waals surface area contributed by atoms with Crippen molar-refractivity contribution in [1.82, 2.24) is 15.3 Å². The average molecular weight is 360 g/mol. The Morgan fingerprint density at radius 1 is 1.16 bits per heavy atom. The van der Waals surface area contributed by atoms with E-state index in [4.69, 9.17) is 11.6 Å². The molecule has 0 aliphatic heterocycles. The first kappa shape index (κ1) is 17.1. The molecule has 1 amide bonds. The number of hydrogen-bond acceptors (Lipinski definition) is 5. The quantitative estimate of drug-likeness (QED) is 0.651. The first-order valence-corrected chi connectivity index (χ1v) is 7.86. The molecule has 0 saturated carbocycles. The van der Waals surface area contributed by atoms with E-state index < -0.39 is 5.82 Å². The average Bonchev–Trinajstić information content (AvgIpc) is 2.59. The Labute approximate surface area is 148 Å². The molecule has 25 heavy (non-hydrogen) atoms. The summed E-state index contributed by atoms with van der Waals surface area (Å²) in [6.45, 7) is 0.211. The molecule has 3 rings (SSSR count). The second-order valence-electron chi connectivity index (χ2n) is 5.29. The molecule has 2 aromatic carbocycles. The van der Waals surface area contributed by atoms with E-state index in [1.807, 2.05) is 0 Å². The summed E-state index contributed by atoms with van der Waals surface area (Å²) >= 11 is 5.81. The van der Waals surface area contributed by atoms with Crippen molar-refractivity contribution in [1.29, 1.82) is 0 Å². The van der Waals surface area contributed by atoms with Gasteiger partial charge < -0.3 is 16.0 Å². The Hall–Kier alpha value is -2.77. The first-order valence-electron chi connectivity index (χ1n) is 7.48. The van der Waals surface area contributed by atoms with Crippen LogP contribution in [-0.4, -0.2) is 29.5 Å². The molecule has 0 atom stereocenters. The van der Waals surface area contributed by atoms with Crippen molar-refractivity contribution < 1.29 is 9.18 Å². The number of carbonyl (C=O) groups excluding carboxylic acids is 1. The number of carbonyl (C=O) groups is 1. The van der Waals surface area contributed by atoms with Crippen molar-refractivity contribution in [2.45, 2.75) is 0 Å². The highest BCUT2D eigenvalue weighted by Crippen LogP contribution is 2.27. The van der Waals surface area contributed by atoms with Gasteiger partial charge in [0.05, 0.1) is 17.1 Å². The third-order valence-electron chi connectivity index (χ3n) is 3.44. The third-order valence-corrected chi connectivity index (χ3v) is 3.73. The van der Waals surface area contributed by atoms with E-state index in [0.29, 0.717) is 28.1 Å². The summed E-state index contributed by atoms with van der Waals surface area (Å²) in [7, 11) is 1.70. The van der Waals surface area contributed by atoms with Gasteiger partial charge in [-0.1, -0.05) is 11.6 Å². The standard InChI is InChI=1S/C17H15ClFN5O/c1-20-8-16(25)23-10-3-5-15-12(6-10)17(22-9-21-15)24-11-2-4-14(19)13(18)7-11/h2-7,9,20H,8H2,1H3,(H,23,25)(H,21,22,24). The molecule has 0 aliphatic rings. The Kier molecular flexibility index (Phi) is 5.06. The molecule has 0 spiro atoms. The molecule has 6 nitrogen and oxygen atoms in total. The summed E-state index contributed by atoms with van der Waals surface area (Å²) in [6, 6.07) is 9.64. The van der Waals surface area contributed by atoms with E-state index in [0.717, 1.165) is 0 Å². The zero-order chi connectivity index (χ0) is 17.8. The smallest absolute Gasteiger partial charge is 0.238 e. The summed E-state index contributed by atoms with van der Waals surface area (Å²) in [6.07, 6.45) is 1.43. The monoisotopic (exact) mass is 359 g/mol. The molecule has 128 valence electrons. The highest BCUT2D eigenvalue weighted by Gasteiger charge is 2.08. The number of hydrogen-bond donors (Lipinski definition) is 3. The van der Waals surface area contributed by atoms with Crippen molar-refractivity contribution >= 4 is 45.6 Å². The topological polar surface area (TPSA) is 78.9 Å². The fourth-order valence-electron chi connectivity index (χ4n) is 2.31. The fraction of sp³-hybridized carbons (Fsp3) is 0.118. The van der Waals surface area contributed by atoms with Gasteiger partial charge in [-0.3, -0.25) is 4.79 Å². The number of aromatic nitrogens is 2. The molecule has 1 heterocycles. The Balaban J connectivity index is 1.94. The van der Waals surface area contributed by atoms with Gasteiger partial charge in [0.1, 0.15) is 18.0 Å². The molecule has 1 aromatic heterocycles. The van der Waals surface area contributed by atoms with Gasteiger partial charge in [0.15, 0.2) is 0 Å². The van der Waals surface area contributed by atoms with Gasteiger partial charge in [-0.2, -0.15) is 0 Å². The number of likely N-dealkylation sites (N-methyl/N-ethyl adjacent to an activating group) is 1. The van der Waals surface area contributed by atoms with Crippen LogP contribution in [0.2, 0.25) is 5.02 Å². The van der Waals surface area contributed by atoms with Crippen molar-refractivity contribution in [2.75, 3.05) is 24.2 Å². The highest BCUT2D eigenvalue weighted by atomic mass is 35.5. The summed E-state index contributed by atoms with van der Waals surface area (Å²) in [5, 5.41) is 9.40. The van der Waals surface area contributed by atoms with E-state index in [9.17, 15) is 9.18 Å². The van der Waals surface area contributed by atoms with Crippen molar-refractivity contribution in [2.24, 2.45) is 0 Å². The van der Waals surface area contributed by atoms with Crippen LogP contribution < -0.4 is 16.0 Å². The maximum absolute atomic E-state index is 13.3. The lowest BCUT2D eigenvalue weighted by Gasteiger charge is -2.11. The minimum atomic E-state index is -0.491. The normalized spacial score (nSPS) is 10.7. The molecular weight excluding hydrogens is 345 g/mol. The molecule has 0 bridgehead atoms. The third kappa shape index (κ3) is 4.01. The van der Waals surface area contributed by atoms with Gasteiger partial charge >= 0.3 is 0 Å². The number of amides is 1. The van der Waals surface area contributed by atoms with E-state index in [-0.39, 0.29) is 17.5 Å². The largest absolute Gasteiger partial charge is 0.340 e. The van der Waals surface area contributed by atoms with Crippen molar-refractivity contribution in [3.05, 3.63) is 53.6 Å². The van der Waals surface area contributed by atoms with Crippen LogP contribution in [0.5, 0.6) is 0 Å². The van der Waals surface area contributed by atoms with Gasteiger partial charge in [-0.15, -0.1) is 0 Å². The summed E-state index contributed by atoms with van der Waals surface area (Å²) < 4.78 is 13.3. The van der Waals surface area contributed by atoms with Gasteiger partial charge in [-0.25, -0.2) is 14.4 Å². The molecule has 3 N–H and O–H groups in total. The van der Waals surface area contributed by atoms with Crippen LogP contribution in [0.25, 0.3) is 10.9 Å². The van der Waals surface area contributed by atoms with Crippen molar-refractivity contribution in [3.63, 3.8) is 0 Å². The zero-order valence-corrected chi connectivity index (χ0v) is 14.1. The molecule has 0 aliphatic carbocycles. The number of halogens is 2. The number of nitrogens with one attached hydrogen (secondary N) is 3. The summed E-state index contributed by atoms with van der Waals surface area (Å²) in [4.78, 5) is 20.2. The van der Waals surface area contributed by atoms with Crippen LogP contribution >= 0.6 is 11.6 Å². The van der Waals surface area contributed by atoms with E-state index in [1.54, 1.807) is 31.3 Å². The van der Waals surface area contributed by atoms with Gasteiger partial charge in [0.2, 0.25) is 5.91 Å². The van der Waals surface area contributed by atoms with Crippen LogP contribution in [0.1, 0.15) is 0 Å². The highest BCUT2D eigenvalue weighted by molar-refractivity contribution is 6.31. The number of benzene rings is 2. The first-order chi connectivity index (χ1) is 12.1. The number of rotatable bonds is 5. The number of nitrogens with zero attached hydrogens (tertiary/aromatic N) is 2. The second-order valence-corrected chi connectivity index (χ2v) is 5.69. The maximum atomic E-state index is 13.3. The van der Waals surface area contributed by atoms with Gasteiger partial charge in [-0.05, 0) is 43.4 Å². The molecule has 3 aromatic rings. The molecule has 0 fully saturated rings. The van der Waals surface area contributed by atoms with Crippen molar-refractivity contribution in [3.8, 4) is 0 Å². The lowest BCUT2D eigenvalue weighted by Crippen LogP contribution is -2.25. The van der Waals surface area contributed by atoms with Crippen LogP contribution in [0.15, 0.2) is 42.7 Å². The Morgan fingerprint density at radius 3 is 2.72 bits per heavy atom.